The Bertz CT molecular complexity index is 669. The van der Waals surface area contributed by atoms with Gasteiger partial charge in [-0.3, -0.25) is 4.90 Å². The summed E-state index contributed by atoms with van der Waals surface area (Å²) >= 11 is 0. The predicted octanol–water partition coefficient (Wildman–Crippen LogP) is 2.55. The summed E-state index contributed by atoms with van der Waals surface area (Å²) in [5.74, 6) is 0.473. The smallest absolute Gasteiger partial charge is 0.160 e. The number of ether oxygens (including phenoxy) is 1. The van der Waals surface area contributed by atoms with Crippen molar-refractivity contribution in [2.24, 2.45) is 0 Å². The van der Waals surface area contributed by atoms with Crippen molar-refractivity contribution in [3.63, 3.8) is 0 Å². The molecule has 1 unspecified atom stereocenters. The number of benzene rings is 2. The third-order valence-corrected chi connectivity index (χ3v) is 3.94. The minimum Gasteiger partial charge on any atom is -0.504 e. The van der Waals surface area contributed by atoms with Gasteiger partial charge in [-0.2, -0.15) is 0 Å². The zero-order valence-corrected chi connectivity index (χ0v) is 12.2. The molecule has 0 spiro atoms. The van der Waals surface area contributed by atoms with E-state index >= 15 is 0 Å². The van der Waals surface area contributed by atoms with Crippen molar-refractivity contribution < 1.29 is 14.9 Å². The Morgan fingerprint density at radius 3 is 2.71 bits per heavy atom. The van der Waals surface area contributed by atoms with Gasteiger partial charge in [-0.25, -0.2) is 0 Å². The highest BCUT2D eigenvalue weighted by Crippen LogP contribution is 2.40. The van der Waals surface area contributed by atoms with Gasteiger partial charge in [-0.05, 0) is 41.4 Å². The molecule has 1 aliphatic heterocycles. The van der Waals surface area contributed by atoms with Crippen molar-refractivity contribution in [2.75, 3.05) is 20.7 Å². The topological polar surface area (TPSA) is 52.9 Å². The second-order valence-corrected chi connectivity index (χ2v) is 5.48. The first-order valence-corrected chi connectivity index (χ1v) is 6.96. The Labute approximate surface area is 124 Å². The molecule has 1 atom stereocenters. The number of phenols is 1. The van der Waals surface area contributed by atoms with E-state index in [2.05, 4.69) is 11.0 Å². The average Bonchev–Trinajstić information content (AvgIpc) is 2.46. The van der Waals surface area contributed by atoms with Crippen LogP contribution < -0.4 is 4.74 Å². The minimum atomic E-state index is -0.618. The lowest BCUT2D eigenvalue weighted by Crippen LogP contribution is -2.26. The molecule has 21 heavy (non-hydrogen) atoms. The van der Waals surface area contributed by atoms with Crippen LogP contribution in [0.3, 0.4) is 0 Å². The zero-order valence-electron chi connectivity index (χ0n) is 12.2. The van der Waals surface area contributed by atoms with E-state index in [-0.39, 0.29) is 5.75 Å². The summed E-state index contributed by atoms with van der Waals surface area (Å²) in [6.45, 7) is 1.30. The van der Waals surface area contributed by atoms with Crippen LogP contribution in [0.2, 0.25) is 0 Å². The lowest BCUT2D eigenvalue weighted by Gasteiger charge is -2.28. The number of aliphatic hydroxyl groups is 1. The Balaban J connectivity index is 2.26. The maximum Gasteiger partial charge on any atom is 0.160 e. The first kappa shape index (κ1) is 13.9. The maximum atomic E-state index is 10.5. The molecule has 0 radical (unpaired) electrons. The van der Waals surface area contributed by atoms with Crippen LogP contribution >= 0.6 is 0 Å². The molecule has 0 bridgehead atoms. The molecule has 1 aliphatic rings. The molecule has 0 fully saturated rings. The van der Waals surface area contributed by atoms with Crippen molar-refractivity contribution in [3.8, 4) is 22.6 Å². The van der Waals surface area contributed by atoms with Gasteiger partial charge in [0.25, 0.3) is 0 Å². The minimum absolute atomic E-state index is 0.0900. The van der Waals surface area contributed by atoms with Gasteiger partial charge >= 0.3 is 0 Å². The third-order valence-electron chi connectivity index (χ3n) is 3.94. The van der Waals surface area contributed by atoms with Gasteiger partial charge in [-0.15, -0.1) is 0 Å². The Morgan fingerprint density at radius 1 is 1.19 bits per heavy atom. The standard InChI is InChI=1S/C17H19NO3/c1-18-9-11-5-3-4-6-12(11)13-7-15(19)17(21-2)8-14(13)16(20)10-18/h3-8,16,19-20H,9-10H2,1-2H3. The molecule has 3 rings (SSSR count). The highest BCUT2D eigenvalue weighted by Gasteiger charge is 2.23. The van der Waals surface area contributed by atoms with Gasteiger partial charge < -0.3 is 14.9 Å². The van der Waals surface area contributed by atoms with E-state index in [4.69, 9.17) is 4.74 Å². The largest absolute Gasteiger partial charge is 0.504 e. The van der Waals surface area contributed by atoms with E-state index in [1.165, 1.54) is 12.7 Å². The predicted molar refractivity (Wildman–Crippen MR) is 81.4 cm³/mol. The van der Waals surface area contributed by atoms with E-state index in [9.17, 15) is 10.2 Å². The van der Waals surface area contributed by atoms with Crippen molar-refractivity contribution in [1.29, 1.82) is 0 Å². The first-order chi connectivity index (χ1) is 10.1. The highest BCUT2D eigenvalue weighted by molar-refractivity contribution is 5.74. The van der Waals surface area contributed by atoms with Gasteiger partial charge in [0.05, 0.1) is 13.2 Å². The molecule has 0 saturated heterocycles. The fourth-order valence-electron chi connectivity index (χ4n) is 2.93. The Hall–Kier alpha value is -2.04. The second kappa shape index (κ2) is 5.39. The van der Waals surface area contributed by atoms with Crippen LogP contribution in [0.5, 0.6) is 11.5 Å². The summed E-state index contributed by atoms with van der Waals surface area (Å²) in [6.07, 6.45) is -0.618. The van der Waals surface area contributed by atoms with E-state index in [0.29, 0.717) is 12.3 Å². The normalized spacial score (nSPS) is 18.3. The van der Waals surface area contributed by atoms with E-state index in [1.807, 2.05) is 25.2 Å². The Kier molecular flexibility index (Phi) is 3.57. The molecular formula is C17H19NO3. The van der Waals surface area contributed by atoms with Crippen LogP contribution in [-0.4, -0.2) is 35.8 Å². The number of phenolic OH excluding ortho intramolecular Hbond substituents is 1. The lowest BCUT2D eigenvalue weighted by molar-refractivity contribution is 0.123. The van der Waals surface area contributed by atoms with E-state index in [1.54, 1.807) is 12.1 Å². The summed E-state index contributed by atoms with van der Waals surface area (Å²) in [6, 6.07) is 11.5. The van der Waals surface area contributed by atoms with Crippen molar-refractivity contribution in [2.45, 2.75) is 12.6 Å². The third kappa shape index (κ3) is 2.48. The lowest BCUT2D eigenvalue weighted by atomic mass is 9.90. The number of aromatic hydroxyl groups is 1. The molecular weight excluding hydrogens is 266 g/mol. The highest BCUT2D eigenvalue weighted by atomic mass is 16.5. The van der Waals surface area contributed by atoms with Crippen LogP contribution in [0, 0.1) is 0 Å². The first-order valence-electron chi connectivity index (χ1n) is 6.96. The quantitative estimate of drug-likeness (QED) is 0.845. The summed E-state index contributed by atoms with van der Waals surface area (Å²) in [7, 11) is 3.50. The summed E-state index contributed by atoms with van der Waals surface area (Å²) in [4.78, 5) is 2.09. The molecule has 2 aromatic rings. The number of rotatable bonds is 1. The summed E-state index contributed by atoms with van der Waals surface area (Å²) in [5.41, 5.74) is 3.86. The molecule has 1 heterocycles. The molecule has 0 aliphatic carbocycles. The molecule has 4 heteroatoms. The zero-order chi connectivity index (χ0) is 15.0. The van der Waals surface area contributed by atoms with E-state index < -0.39 is 6.10 Å². The number of nitrogens with zero attached hydrogens (tertiary/aromatic N) is 1. The van der Waals surface area contributed by atoms with Crippen LogP contribution in [0.25, 0.3) is 11.1 Å². The van der Waals surface area contributed by atoms with Crippen LogP contribution in [0.15, 0.2) is 36.4 Å². The van der Waals surface area contributed by atoms with Crippen LogP contribution in [-0.2, 0) is 6.54 Å². The molecule has 4 nitrogen and oxygen atoms in total. The van der Waals surface area contributed by atoms with Crippen molar-refractivity contribution in [3.05, 3.63) is 47.5 Å². The number of aliphatic hydroxyl groups excluding tert-OH is 1. The fraction of sp³-hybridized carbons (Fsp3) is 0.294. The molecule has 0 aromatic heterocycles. The van der Waals surface area contributed by atoms with Gasteiger partial charge in [0.2, 0.25) is 0 Å². The van der Waals surface area contributed by atoms with Crippen molar-refractivity contribution in [1.82, 2.24) is 4.90 Å². The van der Waals surface area contributed by atoms with Gasteiger partial charge in [0, 0.05) is 13.1 Å². The molecule has 0 saturated carbocycles. The van der Waals surface area contributed by atoms with Gasteiger partial charge in [0.15, 0.2) is 11.5 Å². The summed E-state index contributed by atoms with van der Waals surface area (Å²) < 4.78 is 5.17. The number of hydrogen-bond donors (Lipinski definition) is 2. The molecule has 110 valence electrons. The number of likely N-dealkylation sites (N-methyl/N-ethyl adjacent to an activating group) is 1. The number of β-amino-alcohol motifs (C(OH)–C–C–N with tert-alkyl or cyclic N) is 1. The maximum absolute atomic E-state index is 10.5. The van der Waals surface area contributed by atoms with Crippen molar-refractivity contribution >= 4 is 0 Å². The SMILES string of the molecule is COc1cc2c(cc1O)-c1ccccc1CN(C)CC2O. The van der Waals surface area contributed by atoms with Crippen LogP contribution in [0.1, 0.15) is 17.2 Å². The number of fused-ring (bicyclic) bond motifs is 3. The Morgan fingerprint density at radius 2 is 1.95 bits per heavy atom. The fourth-order valence-corrected chi connectivity index (χ4v) is 2.93. The molecule has 0 amide bonds. The second-order valence-electron chi connectivity index (χ2n) is 5.48. The van der Waals surface area contributed by atoms with Gasteiger partial charge in [0.1, 0.15) is 0 Å². The number of hydrogen-bond acceptors (Lipinski definition) is 4. The monoisotopic (exact) mass is 285 g/mol. The van der Waals surface area contributed by atoms with E-state index in [0.717, 1.165) is 23.2 Å². The molecule has 2 aromatic carbocycles. The number of methoxy groups -OCH3 is 1. The summed E-state index contributed by atoms with van der Waals surface area (Å²) in [5, 5.41) is 20.6. The molecule has 2 N–H and O–H groups in total. The van der Waals surface area contributed by atoms with Gasteiger partial charge in [-0.1, -0.05) is 24.3 Å². The van der Waals surface area contributed by atoms with Crippen LogP contribution in [0.4, 0.5) is 0 Å². The average molecular weight is 285 g/mol.